The molecule has 1 aromatic rings. The van der Waals surface area contributed by atoms with E-state index in [2.05, 4.69) is 32.8 Å². The predicted molar refractivity (Wildman–Crippen MR) is 115 cm³/mol. The van der Waals surface area contributed by atoms with Crippen LogP contribution in [0.25, 0.3) is 0 Å². The Kier molecular flexibility index (Phi) is 7.66. The van der Waals surface area contributed by atoms with Crippen LogP contribution in [0.5, 0.6) is 0 Å². The van der Waals surface area contributed by atoms with Crippen LogP contribution in [-0.4, -0.2) is 84.8 Å². The highest BCUT2D eigenvalue weighted by atomic mass is 127. The zero-order valence-electron chi connectivity index (χ0n) is 16.0. The van der Waals surface area contributed by atoms with Gasteiger partial charge in [-0.15, -0.1) is 0 Å². The first-order chi connectivity index (χ1) is 13.5. The number of rotatable bonds is 5. The Morgan fingerprint density at radius 2 is 1.50 bits per heavy atom. The lowest BCUT2D eigenvalue weighted by Crippen LogP contribution is -2.53. The summed E-state index contributed by atoms with van der Waals surface area (Å²) in [5.74, 6) is -0.116. The Labute approximate surface area is 179 Å². The van der Waals surface area contributed by atoms with Crippen molar-refractivity contribution in [2.24, 2.45) is 0 Å². The Morgan fingerprint density at radius 3 is 2.18 bits per heavy atom. The third-order valence-electron chi connectivity index (χ3n) is 5.31. The van der Waals surface area contributed by atoms with Gasteiger partial charge in [-0.1, -0.05) is 12.1 Å². The summed E-state index contributed by atoms with van der Waals surface area (Å²) in [7, 11) is 0. The van der Waals surface area contributed by atoms with Crippen LogP contribution >= 0.6 is 22.6 Å². The van der Waals surface area contributed by atoms with Gasteiger partial charge in [0.1, 0.15) is 0 Å². The summed E-state index contributed by atoms with van der Waals surface area (Å²) in [5, 5.41) is 2.71. The molecule has 0 aliphatic carbocycles. The Hall–Kier alpha value is -1.68. The topological polar surface area (TPSA) is 73.0 Å². The molecule has 0 radical (unpaired) electrons. The lowest BCUT2D eigenvalue weighted by molar-refractivity contribution is -0.135. The summed E-state index contributed by atoms with van der Waals surface area (Å²) in [6.07, 6.45) is 3.41. The van der Waals surface area contributed by atoms with Gasteiger partial charge in [-0.3, -0.25) is 19.3 Å². The molecule has 0 spiro atoms. The molecular weight excluding hydrogens is 471 g/mol. The molecule has 152 valence electrons. The molecule has 2 heterocycles. The number of piperidine rings is 1. The molecule has 0 unspecified atom stereocenters. The average molecular weight is 498 g/mol. The first-order valence-electron chi connectivity index (χ1n) is 9.85. The number of halogens is 1. The Bertz CT molecular complexity index is 713. The molecule has 28 heavy (non-hydrogen) atoms. The van der Waals surface area contributed by atoms with E-state index in [4.69, 9.17) is 0 Å². The normalized spacial score (nSPS) is 18.0. The molecule has 2 aliphatic rings. The molecule has 2 aliphatic heterocycles. The van der Waals surface area contributed by atoms with Crippen LogP contribution in [0.4, 0.5) is 0 Å². The number of hydrogen-bond acceptors (Lipinski definition) is 4. The predicted octanol–water partition coefficient (Wildman–Crippen LogP) is 1.18. The van der Waals surface area contributed by atoms with E-state index in [1.165, 1.54) is 6.42 Å². The van der Waals surface area contributed by atoms with Crippen molar-refractivity contribution in [2.45, 2.75) is 19.3 Å². The number of nitrogens with one attached hydrogen (secondary N) is 1. The van der Waals surface area contributed by atoms with Crippen molar-refractivity contribution < 1.29 is 14.4 Å². The van der Waals surface area contributed by atoms with Gasteiger partial charge in [-0.2, -0.15) is 0 Å². The van der Waals surface area contributed by atoms with Crippen molar-refractivity contribution in [3.05, 3.63) is 33.4 Å². The van der Waals surface area contributed by atoms with Crippen LogP contribution in [0, 0.1) is 3.57 Å². The molecule has 8 heteroatoms. The fourth-order valence-electron chi connectivity index (χ4n) is 3.60. The maximum absolute atomic E-state index is 12.4. The lowest BCUT2D eigenvalue weighted by Gasteiger charge is -2.36. The van der Waals surface area contributed by atoms with Crippen molar-refractivity contribution in [1.29, 1.82) is 0 Å². The maximum Gasteiger partial charge on any atom is 0.252 e. The molecule has 0 aromatic heterocycles. The van der Waals surface area contributed by atoms with E-state index < -0.39 is 0 Å². The molecule has 2 saturated heterocycles. The molecule has 3 rings (SSSR count). The molecule has 0 atom stereocenters. The van der Waals surface area contributed by atoms with Crippen LogP contribution in [0.2, 0.25) is 0 Å². The highest BCUT2D eigenvalue weighted by Crippen LogP contribution is 2.12. The summed E-state index contributed by atoms with van der Waals surface area (Å²) in [6, 6.07) is 7.30. The Balaban J connectivity index is 1.39. The fourth-order valence-corrected chi connectivity index (χ4v) is 4.23. The second kappa shape index (κ2) is 10.2. The minimum Gasteiger partial charge on any atom is -0.343 e. The quantitative estimate of drug-likeness (QED) is 0.620. The average Bonchev–Trinajstić information content (AvgIpc) is 2.73. The second-order valence-corrected chi connectivity index (χ2v) is 8.42. The SMILES string of the molecule is O=C(NCC(=O)N1CCN(CC(=O)N2CCCCC2)CC1)c1ccccc1I. The minimum absolute atomic E-state index is 0.00346. The van der Waals surface area contributed by atoms with E-state index in [1.54, 1.807) is 11.0 Å². The van der Waals surface area contributed by atoms with Gasteiger partial charge < -0.3 is 15.1 Å². The van der Waals surface area contributed by atoms with Gasteiger partial charge in [0.25, 0.3) is 5.91 Å². The number of piperazine rings is 1. The molecule has 7 nitrogen and oxygen atoms in total. The third-order valence-corrected chi connectivity index (χ3v) is 6.25. The number of likely N-dealkylation sites (tertiary alicyclic amines) is 1. The van der Waals surface area contributed by atoms with Gasteiger partial charge in [-0.05, 0) is 54.0 Å². The second-order valence-electron chi connectivity index (χ2n) is 7.26. The lowest BCUT2D eigenvalue weighted by atomic mass is 10.1. The van der Waals surface area contributed by atoms with E-state index in [0.29, 0.717) is 38.3 Å². The van der Waals surface area contributed by atoms with Crippen LogP contribution in [-0.2, 0) is 9.59 Å². The zero-order chi connectivity index (χ0) is 19.9. The van der Waals surface area contributed by atoms with Crippen LogP contribution in [0.15, 0.2) is 24.3 Å². The molecule has 1 N–H and O–H groups in total. The number of carbonyl (C=O) groups excluding carboxylic acids is 3. The van der Waals surface area contributed by atoms with Gasteiger partial charge in [0.05, 0.1) is 18.7 Å². The van der Waals surface area contributed by atoms with Crippen molar-refractivity contribution >= 4 is 40.3 Å². The molecular formula is C20H27IN4O3. The van der Waals surface area contributed by atoms with Crippen molar-refractivity contribution in [2.75, 3.05) is 52.4 Å². The number of hydrogen-bond donors (Lipinski definition) is 1. The monoisotopic (exact) mass is 498 g/mol. The Morgan fingerprint density at radius 1 is 0.857 bits per heavy atom. The number of amides is 3. The van der Waals surface area contributed by atoms with E-state index in [1.807, 2.05) is 23.1 Å². The minimum atomic E-state index is -0.232. The molecule has 0 bridgehead atoms. The fraction of sp³-hybridized carbons (Fsp3) is 0.550. The standard InChI is InChI=1S/C20H27IN4O3/c21-17-7-3-2-6-16(17)20(28)22-14-18(26)25-12-10-23(11-13-25)15-19(27)24-8-4-1-5-9-24/h2-3,6-7H,1,4-5,8-15H2,(H,22,28). The molecule has 3 amide bonds. The van der Waals surface area contributed by atoms with Crippen LogP contribution < -0.4 is 5.32 Å². The number of nitrogens with zero attached hydrogens (tertiary/aromatic N) is 3. The van der Waals surface area contributed by atoms with E-state index >= 15 is 0 Å². The van der Waals surface area contributed by atoms with Gasteiger partial charge in [0.2, 0.25) is 11.8 Å². The summed E-state index contributed by atoms with van der Waals surface area (Å²) in [5.41, 5.74) is 0.581. The van der Waals surface area contributed by atoms with Crippen molar-refractivity contribution in [1.82, 2.24) is 20.0 Å². The summed E-state index contributed by atoms with van der Waals surface area (Å²) >= 11 is 2.11. The van der Waals surface area contributed by atoms with Gasteiger partial charge >= 0.3 is 0 Å². The first kappa shape index (κ1) is 21.0. The van der Waals surface area contributed by atoms with Gasteiger partial charge in [-0.25, -0.2) is 0 Å². The van der Waals surface area contributed by atoms with E-state index in [9.17, 15) is 14.4 Å². The van der Waals surface area contributed by atoms with Crippen LogP contribution in [0.1, 0.15) is 29.6 Å². The number of carbonyl (C=O) groups is 3. The van der Waals surface area contributed by atoms with Gasteiger partial charge in [0.15, 0.2) is 0 Å². The van der Waals surface area contributed by atoms with Gasteiger partial charge in [0, 0.05) is 42.8 Å². The molecule has 1 aromatic carbocycles. The van der Waals surface area contributed by atoms with E-state index in [-0.39, 0.29) is 24.3 Å². The van der Waals surface area contributed by atoms with Crippen molar-refractivity contribution in [3.63, 3.8) is 0 Å². The molecule has 0 saturated carbocycles. The highest BCUT2D eigenvalue weighted by Gasteiger charge is 2.25. The summed E-state index contributed by atoms with van der Waals surface area (Å²) < 4.78 is 0.858. The maximum atomic E-state index is 12.4. The smallest absolute Gasteiger partial charge is 0.252 e. The largest absolute Gasteiger partial charge is 0.343 e. The zero-order valence-corrected chi connectivity index (χ0v) is 18.2. The molecule has 2 fully saturated rings. The number of benzene rings is 1. The summed E-state index contributed by atoms with van der Waals surface area (Å²) in [6.45, 7) is 4.73. The van der Waals surface area contributed by atoms with Crippen molar-refractivity contribution in [3.8, 4) is 0 Å². The first-order valence-corrected chi connectivity index (χ1v) is 10.9. The third kappa shape index (κ3) is 5.66. The van der Waals surface area contributed by atoms with E-state index in [0.717, 1.165) is 29.5 Å². The summed E-state index contributed by atoms with van der Waals surface area (Å²) in [4.78, 5) is 42.9. The highest BCUT2D eigenvalue weighted by molar-refractivity contribution is 14.1. The van der Waals surface area contributed by atoms with Crippen LogP contribution in [0.3, 0.4) is 0 Å².